The van der Waals surface area contributed by atoms with Crippen LogP contribution in [0.15, 0.2) is 17.6 Å². The third-order valence-electron chi connectivity index (χ3n) is 3.54. The number of hydrogen-bond acceptors (Lipinski definition) is 4. The monoisotopic (exact) mass is 272 g/mol. The van der Waals surface area contributed by atoms with Gasteiger partial charge < -0.3 is 10.7 Å². The van der Waals surface area contributed by atoms with Gasteiger partial charge in [0.2, 0.25) is 0 Å². The van der Waals surface area contributed by atoms with Gasteiger partial charge in [-0.15, -0.1) is 0 Å². The number of aromatic amines is 1. The van der Waals surface area contributed by atoms with Crippen molar-refractivity contribution in [2.45, 2.75) is 43.2 Å². The van der Waals surface area contributed by atoms with E-state index in [-0.39, 0.29) is 11.1 Å². The molecule has 1 aromatic rings. The molecule has 2 rings (SSSR count). The van der Waals surface area contributed by atoms with Crippen molar-refractivity contribution in [1.29, 1.82) is 0 Å². The second kappa shape index (κ2) is 5.81. The number of rotatable bonds is 5. The topological polar surface area (TPSA) is 101 Å². The van der Waals surface area contributed by atoms with E-state index in [2.05, 4.69) is 14.7 Å². The van der Waals surface area contributed by atoms with Crippen LogP contribution >= 0.6 is 0 Å². The summed E-state index contributed by atoms with van der Waals surface area (Å²) in [5.74, 6) is 0.349. The van der Waals surface area contributed by atoms with Gasteiger partial charge >= 0.3 is 0 Å². The molecule has 1 saturated carbocycles. The number of nitrogens with one attached hydrogen (secondary N) is 2. The van der Waals surface area contributed by atoms with Crippen molar-refractivity contribution in [1.82, 2.24) is 14.7 Å². The van der Waals surface area contributed by atoms with Crippen LogP contribution in [-0.4, -0.2) is 31.0 Å². The second-order valence-corrected chi connectivity index (χ2v) is 6.46. The van der Waals surface area contributed by atoms with E-state index in [9.17, 15) is 8.42 Å². The summed E-state index contributed by atoms with van der Waals surface area (Å²) in [6.45, 7) is 0.331. The first-order valence-electron chi connectivity index (χ1n) is 6.34. The number of imidazole rings is 1. The van der Waals surface area contributed by atoms with Crippen LogP contribution in [0.4, 0.5) is 0 Å². The Kier molecular flexibility index (Phi) is 4.36. The molecule has 102 valence electrons. The average molecular weight is 272 g/mol. The summed E-state index contributed by atoms with van der Waals surface area (Å²) in [6.07, 6.45) is 8.31. The number of sulfonamides is 1. The number of nitrogens with zero attached hydrogens (tertiary/aromatic N) is 1. The summed E-state index contributed by atoms with van der Waals surface area (Å²) in [7, 11) is -3.53. The summed E-state index contributed by atoms with van der Waals surface area (Å²) in [5, 5.41) is 0.0942. The van der Waals surface area contributed by atoms with Gasteiger partial charge in [0.15, 0.2) is 5.03 Å². The van der Waals surface area contributed by atoms with Gasteiger partial charge in [0.1, 0.15) is 0 Å². The summed E-state index contributed by atoms with van der Waals surface area (Å²) in [4.78, 5) is 6.34. The molecular formula is C11H20N4O2S. The quantitative estimate of drug-likeness (QED) is 0.730. The summed E-state index contributed by atoms with van der Waals surface area (Å²) < 4.78 is 26.8. The first kappa shape index (κ1) is 13.5. The molecule has 0 radical (unpaired) electrons. The molecule has 7 heteroatoms. The van der Waals surface area contributed by atoms with Gasteiger partial charge in [-0.3, -0.25) is 0 Å². The number of nitrogens with two attached hydrogens (primary N) is 1. The summed E-state index contributed by atoms with van der Waals surface area (Å²) >= 11 is 0. The van der Waals surface area contributed by atoms with Gasteiger partial charge in [0.25, 0.3) is 10.0 Å². The minimum Gasteiger partial charge on any atom is -0.335 e. The zero-order valence-corrected chi connectivity index (χ0v) is 11.1. The Morgan fingerprint density at radius 3 is 2.72 bits per heavy atom. The zero-order chi connectivity index (χ0) is 13.0. The van der Waals surface area contributed by atoms with Gasteiger partial charge in [-0.2, -0.15) is 0 Å². The Hall–Kier alpha value is -0.920. The molecule has 1 aliphatic rings. The van der Waals surface area contributed by atoms with Crippen LogP contribution < -0.4 is 10.5 Å². The molecular weight excluding hydrogens is 252 g/mol. The molecule has 0 saturated heterocycles. The van der Waals surface area contributed by atoms with Crippen molar-refractivity contribution in [3.8, 4) is 0 Å². The van der Waals surface area contributed by atoms with Crippen LogP contribution in [0.25, 0.3) is 0 Å². The maximum absolute atomic E-state index is 12.1. The lowest BCUT2D eigenvalue weighted by atomic mass is 9.84. The van der Waals surface area contributed by atoms with Crippen molar-refractivity contribution in [3.05, 3.63) is 12.5 Å². The van der Waals surface area contributed by atoms with Crippen LogP contribution in [0.3, 0.4) is 0 Å². The van der Waals surface area contributed by atoms with Crippen LogP contribution in [0.1, 0.15) is 32.1 Å². The van der Waals surface area contributed by atoms with Gasteiger partial charge in [0.05, 0.1) is 12.5 Å². The third-order valence-corrected chi connectivity index (χ3v) is 4.96. The Bertz CT molecular complexity index is 451. The summed E-state index contributed by atoms with van der Waals surface area (Å²) in [5.41, 5.74) is 5.71. The fraction of sp³-hybridized carbons (Fsp3) is 0.727. The molecule has 1 unspecified atom stereocenters. The van der Waals surface area contributed by atoms with E-state index < -0.39 is 10.0 Å². The number of H-pyrrole nitrogens is 1. The highest BCUT2D eigenvalue weighted by Gasteiger charge is 2.27. The molecule has 1 atom stereocenters. The number of hydrogen-bond donors (Lipinski definition) is 3. The highest BCUT2D eigenvalue weighted by molar-refractivity contribution is 7.89. The molecule has 0 spiro atoms. The number of aromatic nitrogens is 2. The van der Waals surface area contributed by atoms with Gasteiger partial charge in [0, 0.05) is 12.6 Å². The van der Waals surface area contributed by atoms with E-state index in [0.717, 1.165) is 25.7 Å². The molecule has 18 heavy (non-hydrogen) atoms. The minimum atomic E-state index is -3.53. The molecule has 0 aromatic carbocycles. The van der Waals surface area contributed by atoms with Crippen LogP contribution in [0.5, 0.6) is 0 Å². The molecule has 1 fully saturated rings. The first-order valence-corrected chi connectivity index (χ1v) is 7.82. The maximum atomic E-state index is 12.1. The van der Waals surface area contributed by atoms with E-state index in [0.29, 0.717) is 12.5 Å². The average Bonchev–Trinajstić information content (AvgIpc) is 2.92. The van der Waals surface area contributed by atoms with E-state index in [1.807, 2.05) is 0 Å². The maximum Gasteiger partial charge on any atom is 0.257 e. The lowest BCUT2D eigenvalue weighted by Crippen LogP contribution is -2.45. The smallest absolute Gasteiger partial charge is 0.257 e. The molecule has 1 heterocycles. The molecule has 0 bridgehead atoms. The van der Waals surface area contributed by atoms with Crippen LogP contribution in [0.2, 0.25) is 0 Å². The van der Waals surface area contributed by atoms with E-state index in [4.69, 9.17) is 5.73 Å². The lowest BCUT2D eigenvalue weighted by molar-refractivity contribution is 0.294. The summed E-state index contributed by atoms with van der Waals surface area (Å²) in [6, 6.07) is -0.182. The first-order chi connectivity index (χ1) is 8.63. The fourth-order valence-corrected chi connectivity index (χ4v) is 3.75. The van der Waals surface area contributed by atoms with Gasteiger partial charge in [-0.1, -0.05) is 19.3 Å². The van der Waals surface area contributed by atoms with Crippen molar-refractivity contribution < 1.29 is 8.42 Å². The Labute approximate surface area is 107 Å². The molecule has 6 nitrogen and oxygen atoms in total. The lowest BCUT2D eigenvalue weighted by Gasteiger charge is -2.29. The Balaban J connectivity index is 2.06. The SMILES string of the molecule is NCC(NS(=O)(=O)c1cnc[nH]1)C1CCCCC1. The predicted molar refractivity (Wildman–Crippen MR) is 68.3 cm³/mol. The van der Waals surface area contributed by atoms with Crippen molar-refractivity contribution >= 4 is 10.0 Å². The Morgan fingerprint density at radius 1 is 1.44 bits per heavy atom. The molecule has 1 aliphatic carbocycles. The van der Waals surface area contributed by atoms with Crippen LogP contribution in [-0.2, 0) is 10.0 Å². The third kappa shape index (κ3) is 3.09. The highest BCUT2D eigenvalue weighted by Crippen LogP contribution is 2.26. The normalized spacial score (nSPS) is 19.8. The molecule has 0 amide bonds. The largest absolute Gasteiger partial charge is 0.335 e. The zero-order valence-electron chi connectivity index (χ0n) is 10.3. The Morgan fingerprint density at radius 2 is 2.17 bits per heavy atom. The standard InChI is InChI=1S/C11H20N4O2S/c12-6-10(9-4-2-1-3-5-9)15-18(16,17)11-7-13-8-14-11/h7-10,15H,1-6,12H2,(H,13,14). The van der Waals surface area contributed by atoms with Gasteiger partial charge in [-0.25, -0.2) is 18.1 Å². The van der Waals surface area contributed by atoms with E-state index in [1.165, 1.54) is 18.9 Å². The fourth-order valence-electron chi connectivity index (χ4n) is 2.53. The second-order valence-electron chi connectivity index (χ2n) is 4.78. The van der Waals surface area contributed by atoms with Crippen LogP contribution in [0, 0.1) is 5.92 Å². The molecule has 4 N–H and O–H groups in total. The van der Waals surface area contributed by atoms with E-state index >= 15 is 0 Å². The molecule has 1 aromatic heterocycles. The van der Waals surface area contributed by atoms with Gasteiger partial charge in [-0.05, 0) is 18.8 Å². The minimum absolute atomic E-state index is 0.0942. The highest BCUT2D eigenvalue weighted by atomic mass is 32.2. The van der Waals surface area contributed by atoms with E-state index in [1.54, 1.807) is 0 Å². The van der Waals surface area contributed by atoms with Crippen molar-refractivity contribution in [2.75, 3.05) is 6.54 Å². The molecule has 0 aliphatic heterocycles. The van der Waals surface area contributed by atoms with Crippen molar-refractivity contribution in [2.24, 2.45) is 11.7 Å². The van der Waals surface area contributed by atoms with Crippen molar-refractivity contribution in [3.63, 3.8) is 0 Å². The predicted octanol–water partition coefficient (Wildman–Crippen LogP) is 0.596.